The highest BCUT2D eigenvalue weighted by molar-refractivity contribution is 4.79. The summed E-state index contributed by atoms with van der Waals surface area (Å²) in [7, 11) is 0. The van der Waals surface area contributed by atoms with E-state index in [1.54, 1.807) is 0 Å². The highest BCUT2D eigenvalue weighted by Gasteiger charge is 2.21. The minimum absolute atomic E-state index is 0.321. The van der Waals surface area contributed by atoms with Crippen molar-refractivity contribution in [3.63, 3.8) is 0 Å². The molecule has 0 atom stereocenters. The topological polar surface area (TPSA) is 52.0 Å². The van der Waals surface area contributed by atoms with E-state index in [1.807, 2.05) is 13.8 Å². The van der Waals surface area contributed by atoms with E-state index in [9.17, 15) is 0 Å². The second-order valence-corrected chi connectivity index (χ2v) is 2.79. The molecule has 1 fully saturated rings. The van der Waals surface area contributed by atoms with Crippen LogP contribution in [0.1, 0.15) is 46.0 Å². The molecule has 1 rings (SSSR count). The Labute approximate surface area is 64.0 Å². The summed E-state index contributed by atoms with van der Waals surface area (Å²) in [6, 6.07) is 0. The molecular formula is C8H20N2. The predicted molar refractivity (Wildman–Crippen MR) is 45.5 cm³/mol. The summed E-state index contributed by atoms with van der Waals surface area (Å²) < 4.78 is 0. The van der Waals surface area contributed by atoms with Crippen LogP contribution in [0.2, 0.25) is 0 Å². The molecule has 1 aliphatic carbocycles. The van der Waals surface area contributed by atoms with Crippen LogP contribution < -0.4 is 11.5 Å². The molecule has 1 saturated carbocycles. The third kappa shape index (κ3) is 3.85. The smallest absolute Gasteiger partial charge is 0.0636 e. The van der Waals surface area contributed by atoms with Gasteiger partial charge in [-0.2, -0.15) is 0 Å². The van der Waals surface area contributed by atoms with Crippen molar-refractivity contribution in [2.75, 3.05) is 0 Å². The van der Waals surface area contributed by atoms with E-state index in [4.69, 9.17) is 11.5 Å². The van der Waals surface area contributed by atoms with Crippen LogP contribution >= 0.6 is 0 Å². The van der Waals surface area contributed by atoms with Crippen LogP contribution in [-0.2, 0) is 0 Å². The lowest BCUT2D eigenvalue weighted by atomic mass is 9.91. The molecule has 0 unspecified atom stereocenters. The second-order valence-electron chi connectivity index (χ2n) is 2.79. The minimum atomic E-state index is -0.321. The van der Waals surface area contributed by atoms with Crippen LogP contribution in [0.5, 0.6) is 0 Å². The average molecular weight is 144 g/mol. The molecule has 0 saturated heterocycles. The monoisotopic (exact) mass is 144 g/mol. The van der Waals surface area contributed by atoms with Crippen molar-refractivity contribution >= 4 is 0 Å². The molecule has 0 heterocycles. The summed E-state index contributed by atoms with van der Waals surface area (Å²) in [5.74, 6) is 0. The van der Waals surface area contributed by atoms with Crippen molar-refractivity contribution in [3.8, 4) is 0 Å². The molecule has 0 aliphatic heterocycles. The molecule has 0 amide bonds. The summed E-state index contributed by atoms with van der Waals surface area (Å²) >= 11 is 0. The largest absolute Gasteiger partial charge is 0.313 e. The van der Waals surface area contributed by atoms with Crippen molar-refractivity contribution in [2.24, 2.45) is 11.5 Å². The lowest BCUT2D eigenvalue weighted by Gasteiger charge is -2.28. The van der Waals surface area contributed by atoms with E-state index in [0.717, 1.165) is 12.8 Å². The second kappa shape index (κ2) is 4.69. The van der Waals surface area contributed by atoms with Gasteiger partial charge in [0.1, 0.15) is 0 Å². The number of nitrogens with two attached hydrogens (primary N) is 2. The summed E-state index contributed by atoms with van der Waals surface area (Å²) in [4.78, 5) is 0. The summed E-state index contributed by atoms with van der Waals surface area (Å²) in [5, 5.41) is 0. The zero-order valence-electron chi connectivity index (χ0n) is 7.19. The van der Waals surface area contributed by atoms with E-state index in [2.05, 4.69) is 0 Å². The van der Waals surface area contributed by atoms with E-state index in [-0.39, 0.29) is 5.66 Å². The molecule has 62 valence electrons. The van der Waals surface area contributed by atoms with Crippen LogP contribution in [0.15, 0.2) is 0 Å². The van der Waals surface area contributed by atoms with Gasteiger partial charge in [0, 0.05) is 0 Å². The number of rotatable bonds is 0. The fourth-order valence-electron chi connectivity index (χ4n) is 1.21. The molecule has 0 bridgehead atoms. The molecule has 0 spiro atoms. The zero-order chi connectivity index (χ0) is 8.04. The first-order chi connectivity index (χ1) is 4.71. The molecule has 0 aromatic carbocycles. The molecule has 2 nitrogen and oxygen atoms in total. The maximum Gasteiger partial charge on any atom is 0.0636 e. The van der Waals surface area contributed by atoms with Gasteiger partial charge in [-0.3, -0.25) is 0 Å². The van der Waals surface area contributed by atoms with E-state index < -0.39 is 0 Å². The summed E-state index contributed by atoms with van der Waals surface area (Å²) in [6.45, 7) is 4.00. The highest BCUT2D eigenvalue weighted by Crippen LogP contribution is 2.20. The van der Waals surface area contributed by atoms with Gasteiger partial charge in [-0.25, -0.2) is 0 Å². The highest BCUT2D eigenvalue weighted by atomic mass is 14.9. The number of hydrogen-bond acceptors (Lipinski definition) is 2. The van der Waals surface area contributed by atoms with Crippen LogP contribution in [-0.4, -0.2) is 5.66 Å². The Hall–Kier alpha value is -0.0800. The molecule has 0 aromatic rings. The fourth-order valence-corrected chi connectivity index (χ4v) is 1.21. The Kier molecular flexibility index (Phi) is 4.65. The zero-order valence-corrected chi connectivity index (χ0v) is 7.19. The van der Waals surface area contributed by atoms with Gasteiger partial charge in [0.15, 0.2) is 0 Å². The maximum absolute atomic E-state index is 5.66. The standard InChI is InChI=1S/C6H14N2.C2H6/c7-6(8)4-2-1-3-5-6;1-2/h1-5,7-8H2;1-2H3. The molecule has 2 heteroatoms. The van der Waals surface area contributed by atoms with Crippen molar-refractivity contribution < 1.29 is 0 Å². The van der Waals surface area contributed by atoms with Crippen LogP contribution in [0, 0.1) is 0 Å². The first-order valence-corrected chi connectivity index (χ1v) is 4.28. The molecule has 0 radical (unpaired) electrons. The van der Waals surface area contributed by atoms with E-state index in [1.165, 1.54) is 19.3 Å². The Balaban J connectivity index is 0.000000371. The molecule has 0 aromatic heterocycles. The van der Waals surface area contributed by atoms with Crippen molar-refractivity contribution in [1.29, 1.82) is 0 Å². The van der Waals surface area contributed by atoms with Gasteiger partial charge >= 0.3 is 0 Å². The number of hydrogen-bond donors (Lipinski definition) is 2. The molecular weight excluding hydrogens is 124 g/mol. The Morgan fingerprint density at radius 2 is 1.30 bits per heavy atom. The van der Waals surface area contributed by atoms with Crippen LogP contribution in [0.25, 0.3) is 0 Å². The first kappa shape index (κ1) is 9.92. The van der Waals surface area contributed by atoms with Gasteiger partial charge in [0.05, 0.1) is 5.66 Å². The van der Waals surface area contributed by atoms with Crippen molar-refractivity contribution in [3.05, 3.63) is 0 Å². The maximum atomic E-state index is 5.66. The van der Waals surface area contributed by atoms with E-state index >= 15 is 0 Å². The van der Waals surface area contributed by atoms with Crippen molar-refractivity contribution in [2.45, 2.75) is 51.6 Å². The Morgan fingerprint density at radius 3 is 1.50 bits per heavy atom. The summed E-state index contributed by atoms with van der Waals surface area (Å²) in [5.41, 5.74) is 11.0. The third-order valence-electron chi connectivity index (χ3n) is 1.78. The minimum Gasteiger partial charge on any atom is -0.313 e. The lowest BCUT2D eigenvalue weighted by molar-refractivity contribution is 0.306. The van der Waals surface area contributed by atoms with Gasteiger partial charge in [-0.15, -0.1) is 0 Å². The SMILES string of the molecule is CC.NC1(N)CCCCC1. The Bertz CT molecular complexity index is 71.3. The predicted octanol–water partition coefficient (Wildman–Crippen LogP) is 1.59. The van der Waals surface area contributed by atoms with Crippen LogP contribution in [0.3, 0.4) is 0 Å². The van der Waals surface area contributed by atoms with Gasteiger partial charge < -0.3 is 11.5 Å². The molecule has 4 N–H and O–H groups in total. The van der Waals surface area contributed by atoms with Crippen molar-refractivity contribution in [1.82, 2.24) is 0 Å². The normalized spacial score (nSPS) is 22.8. The summed E-state index contributed by atoms with van der Waals surface area (Å²) in [6.07, 6.45) is 5.76. The Morgan fingerprint density at radius 1 is 0.900 bits per heavy atom. The lowest BCUT2D eigenvalue weighted by Crippen LogP contribution is -2.50. The van der Waals surface area contributed by atoms with Gasteiger partial charge in [0.25, 0.3) is 0 Å². The van der Waals surface area contributed by atoms with Gasteiger partial charge in [0.2, 0.25) is 0 Å². The van der Waals surface area contributed by atoms with Gasteiger partial charge in [-0.1, -0.05) is 33.1 Å². The van der Waals surface area contributed by atoms with Gasteiger partial charge in [-0.05, 0) is 12.8 Å². The quantitative estimate of drug-likeness (QED) is 0.507. The third-order valence-corrected chi connectivity index (χ3v) is 1.78. The van der Waals surface area contributed by atoms with Crippen LogP contribution in [0.4, 0.5) is 0 Å². The average Bonchev–Trinajstić information content (AvgIpc) is 1.92. The molecule has 10 heavy (non-hydrogen) atoms. The fraction of sp³-hybridized carbons (Fsp3) is 1.00. The van der Waals surface area contributed by atoms with E-state index in [0.29, 0.717) is 0 Å². The molecule has 1 aliphatic rings. The first-order valence-electron chi connectivity index (χ1n) is 4.28.